The van der Waals surface area contributed by atoms with Crippen LogP contribution in [0.5, 0.6) is 0 Å². The molecule has 1 aliphatic carbocycles. The molecule has 3 N–H and O–H groups in total. The van der Waals surface area contributed by atoms with Crippen LogP contribution in [0.3, 0.4) is 0 Å². The van der Waals surface area contributed by atoms with Gasteiger partial charge in [-0.1, -0.05) is 13.8 Å². The molecule has 1 aromatic rings. The van der Waals surface area contributed by atoms with E-state index in [0.717, 1.165) is 12.8 Å². The number of primary amides is 1. The molecular weight excluding hydrogens is 258 g/mol. The maximum atomic E-state index is 11.1. The Labute approximate surface area is 117 Å². The highest BCUT2D eigenvalue weighted by atomic mass is 16.6. The second-order valence-corrected chi connectivity index (χ2v) is 5.72. The molecule has 1 fully saturated rings. The van der Waals surface area contributed by atoms with Crippen molar-refractivity contribution in [1.82, 2.24) is 0 Å². The van der Waals surface area contributed by atoms with E-state index < -0.39 is 10.8 Å². The second kappa shape index (κ2) is 5.11. The lowest BCUT2D eigenvalue weighted by molar-refractivity contribution is -0.384. The van der Waals surface area contributed by atoms with Crippen LogP contribution in [0.25, 0.3) is 0 Å². The number of nitrogens with zero attached hydrogens (tertiary/aromatic N) is 1. The van der Waals surface area contributed by atoms with E-state index in [0.29, 0.717) is 18.2 Å². The lowest BCUT2D eigenvalue weighted by Crippen LogP contribution is -2.21. The van der Waals surface area contributed by atoms with Gasteiger partial charge in [0.15, 0.2) is 0 Å². The molecule has 1 aliphatic rings. The van der Waals surface area contributed by atoms with E-state index in [4.69, 9.17) is 5.73 Å². The summed E-state index contributed by atoms with van der Waals surface area (Å²) in [5, 5.41) is 14.2. The Kier molecular flexibility index (Phi) is 3.65. The van der Waals surface area contributed by atoms with Gasteiger partial charge >= 0.3 is 0 Å². The Hall–Kier alpha value is -2.11. The molecule has 6 heteroatoms. The summed E-state index contributed by atoms with van der Waals surface area (Å²) < 4.78 is 0. The highest BCUT2D eigenvalue weighted by molar-refractivity contribution is 5.94. The number of hydrogen-bond acceptors (Lipinski definition) is 4. The number of carbonyl (C=O) groups excluding carboxylic acids is 1. The third-order valence-corrected chi connectivity index (χ3v) is 4.23. The van der Waals surface area contributed by atoms with Crippen molar-refractivity contribution in [3.05, 3.63) is 33.9 Å². The third kappa shape index (κ3) is 2.74. The van der Waals surface area contributed by atoms with Gasteiger partial charge in [-0.25, -0.2) is 0 Å². The summed E-state index contributed by atoms with van der Waals surface area (Å²) in [6.07, 6.45) is 2.29. The van der Waals surface area contributed by atoms with Gasteiger partial charge in [-0.15, -0.1) is 0 Å². The van der Waals surface area contributed by atoms with Crippen LogP contribution in [0.4, 0.5) is 11.4 Å². The number of nitro benzene ring substituents is 1. The maximum absolute atomic E-state index is 11.1. The van der Waals surface area contributed by atoms with Crippen LogP contribution < -0.4 is 11.1 Å². The van der Waals surface area contributed by atoms with Gasteiger partial charge in [0.1, 0.15) is 5.69 Å². The van der Waals surface area contributed by atoms with Gasteiger partial charge in [0.2, 0.25) is 5.91 Å². The zero-order valence-corrected chi connectivity index (χ0v) is 11.7. The van der Waals surface area contributed by atoms with Crippen molar-refractivity contribution in [2.24, 2.45) is 17.1 Å². The Morgan fingerprint density at radius 2 is 2.15 bits per heavy atom. The van der Waals surface area contributed by atoms with Gasteiger partial charge in [0.25, 0.3) is 5.69 Å². The van der Waals surface area contributed by atoms with Crippen LogP contribution in [0, 0.1) is 21.4 Å². The molecule has 108 valence electrons. The van der Waals surface area contributed by atoms with Crippen LogP contribution >= 0.6 is 0 Å². The van der Waals surface area contributed by atoms with Crippen LogP contribution in [-0.4, -0.2) is 17.4 Å². The fourth-order valence-corrected chi connectivity index (χ4v) is 2.38. The number of amides is 1. The zero-order chi connectivity index (χ0) is 14.9. The first-order chi connectivity index (χ1) is 9.35. The maximum Gasteiger partial charge on any atom is 0.293 e. The fraction of sp³-hybridized carbons (Fsp3) is 0.500. The Morgan fingerprint density at radius 1 is 1.50 bits per heavy atom. The number of rotatable bonds is 6. The first-order valence-electron chi connectivity index (χ1n) is 6.68. The highest BCUT2D eigenvalue weighted by Gasteiger charge is 2.45. The predicted octanol–water partition coefficient (Wildman–Crippen LogP) is 2.54. The van der Waals surface area contributed by atoms with Crippen LogP contribution in [0.15, 0.2) is 18.2 Å². The number of nitro groups is 1. The number of benzene rings is 1. The normalized spacial score (nSPS) is 15.9. The molecule has 0 aliphatic heterocycles. The molecular formula is C14H19N3O3. The average molecular weight is 277 g/mol. The summed E-state index contributed by atoms with van der Waals surface area (Å²) in [6.45, 7) is 5.04. The van der Waals surface area contributed by atoms with E-state index in [9.17, 15) is 14.9 Å². The number of carbonyl (C=O) groups is 1. The van der Waals surface area contributed by atoms with Crippen LogP contribution in [-0.2, 0) is 0 Å². The minimum Gasteiger partial charge on any atom is -0.379 e. The van der Waals surface area contributed by atoms with Crippen LogP contribution in [0.1, 0.15) is 37.0 Å². The van der Waals surface area contributed by atoms with E-state index in [1.807, 2.05) is 0 Å². The van der Waals surface area contributed by atoms with Crippen molar-refractivity contribution in [2.45, 2.75) is 26.7 Å². The Balaban J connectivity index is 2.19. The van der Waals surface area contributed by atoms with Crippen molar-refractivity contribution in [2.75, 3.05) is 11.9 Å². The summed E-state index contributed by atoms with van der Waals surface area (Å²) in [7, 11) is 0. The zero-order valence-electron chi connectivity index (χ0n) is 11.7. The van der Waals surface area contributed by atoms with Crippen molar-refractivity contribution in [3.63, 3.8) is 0 Å². The number of nitrogens with one attached hydrogen (secondary N) is 1. The molecule has 6 nitrogen and oxygen atoms in total. The SMILES string of the molecule is CC(C)C1(CNc2ccc(C(N)=O)cc2[N+](=O)[O-])CC1. The number of nitrogens with two attached hydrogens (primary N) is 1. The van der Waals surface area contributed by atoms with Crippen molar-refractivity contribution in [3.8, 4) is 0 Å². The first kappa shape index (κ1) is 14.3. The molecule has 1 aromatic carbocycles. The molecule has 0 aromatic heterocycles. The summed E-state index contributed by atoms with van der Waals surface area (Å²) >= 11 is 0. The quantitative estimate of drug-likeness (QED) is 0.616. The lowest BCUT2D eigenvalue weighted by Gasteiger charge is -2.20. The van der Waals surface area contributed by atoms with Gasteiger partial charge in [-0.2, -0.15) is 0 Å². The Morgan fingerprint density at radius 3 is 2.60 bits per heavy atom. The van der Waals surface area contributed by atoms with E-state index >= 15 is 0 Å². The van der Waals surface area contributed by atoms with E-state index in [-0.39, 0.29) is 16.7 Å². The monoisotopic (exact) mass is 277 g/mol. The molecule has 0 radical (unpaired) electrons. The summed E-state index contributed by atoms with van der Waals surface area (Å²) in [6, 6.07) is 4.28. The largest absolute Gasteiger partial charge is 0.379 e. The molecule has 0 bridgehead atoms. The smallest absolute Gasteiger partial charge is 0.293 e. The van der Waals surface area contributed by atoms with Gasteiger partial charge in [-0.3, -0.25) is 14.9 Å². The molecule has 0 spiro atoms. The molecule has 1 saturated carbocycles. The van der Waals surface area contributed by atoms with E-state index in [1.165, 1.54) is 12.1 Å². The fourth-order valence-electron chi connectivity index (χ4n) is 2.38. The van der Waals surface area contributed by atoms with E-state index in [1.54, 1.807) is 6.07 Å². The van der Waals surface area contributed by atoms with Gasteiger partial charge in [0.05, 0.1) is 4.92 Å². The Bertz CT molecular complexity index is 551. The molecule has 0 atom stereocenters. The summed E-state index contributed by atoms with van der Waals surface area (Å²) in [5.41, 5.74) is 5.86. The van der Waals surface area contributed by atoms with Gasteiger partial charge in [-0.05, 0) is 36.3 Å². The van der Waals surface area contributed by atoms with Crippen molar-refractivity contribution in [1.29, 1.82) is 0 Å². The standard InChI is InChI=1S/C14H19N3O3/c1-9(2)14(5-6-14)8-16-11-4-3-10(13(15)18)7-12(11)17(19)20/h3-4,7,9,16H,5-6,8H2,1-2H3,(H2,15,18). The second-order valence-electron chi connectivity index (χ2n) is 5.72. The first-order valence-corrected chi connectivity index (χ1v) is 6.68. The minimum atomic E-state index is -0.666. The van der Waals surface area contributed by atoms with Crippen LogP contribution in [0.2, 0.25) is 0 Å². The summed E-state index contributed by atoms with van der Waals surface area (Å²) in [5.74, 6) is -0.126. The highest BCUT2D eigenvalue weighted by Crippen LogP contribution is 2.51. The number of hydrogen-bond donors (Lipinski definition) is 2. The van der Waals surface area contributed by atoms with Crippen molar-refractivity contribution >= 4 is 17.3 Å². The van der Waals surface area contributed by atoms with E-state index in [2.05, 4.69) is 19.2 Å². The lowest BCUT2D eigenvalue weighted by atomic mass is 9.92. The molecule has 1 amide bonds. The third-order valence-electron chi connectivity index (χ3n) is 4.23. The van der Waals surface area contributed by atoms with Gasteiger partial charge in [0, 0.05) is 18.2 Å². The molecule has 0 saturated heterocycles. The molecule has 0 heterocycles. The molecule has 20 heavy (non-hydrogen) atoms. The predicted molar refractivity (Wildman–Crippen MR) is 76.6 cm³/mol. The minimum absolute atomic E-state index is 0.110. The molecule has 0 unspecified atom stereocenters. The topological polar surface area (TPSA) is 98.3 Å². The number of anilines is 1. The summed E-state index contributed by atoms with van der Waals surface area (Å²) in [4.78, 5) is 21.7. The van der Waals surface area contributed by atoms with Crippen molar-refractivity contribution < 1.29 is 9.72 Å². The van der Waals surface area contributed by atoms with Gasteiger partial charge < -0.3 is 11.1 Å². The molecule has 2 rings (SSSR count). The average Bonchev–Trinajstić information content (AvgIpc) is 3.17.